The van der Waals surface area contributed by atoms with Crippen LogP contribution in [0.15, 0.2) is 45.7 Å². The molecule has 1 aliphatic heterocycles. The molecule has 7 heteroatoms. The molecule has 21 heavy (non-hydrogen) atoms. The molecule has 0 bridgehead atoms. The van der Waals surface area contributed by atoms with Gasteiger partial charge in [0.05, 0.1) is 12.7 Å². The normalized spacial score (nSPS) is 15.1. The summed E-state index contributed by atoms with van der Waals surface area (Å²) in [5.74, 6) is 0.260. The van der Waals surface area contributed by atoms with Gasteiger partial charge >= 0.3 is 6.03 Å². The molecule has 2 heterocycles. The average Bonchev–Trinajstić information content (AvgIpc) is 3.06. The minimum Gasteiger partial charge on any atom is -0.447 e. The Hall–Kier alpha value is -2.15. The molecule has 1 aliphatic rings. The number of amides is 3. The van der Waals surface area contributed by atoms with Crippen molar-refractivity contribution in [2.24, 2.45) is 0 Å². The first-order valence-electron chi connectivity index (χ1n) is 6.34. The highest BCUT2D eigenvalue weighted by Gasteiger charge is 2.36. The standard InChI is InChI=1S/C14H12BrN3O3/c15-11-3-1-10(2-4-11)6-17-8-13(19)18(14(17)20)7-12-5-16-9-21-12/h1-5,9H,6-8H2. The zero-order valence-corrected chi connectivity index (χ0v) is 12.6. The van der Waals surface area contributed by atoms with Crippen LogP contribution in [0, 0.1) is 0 Å². The summed E-state index contributed by atoms with van der Waals surface area (Å²) >= 11 is 3.36. The molecule has 0 atom stereocenters. The molecule has 2 aromatic rings. The number of aromatic nitrogens is 1. The van der Waals surface area contributed by atoms with Gasteiger partial charge in [-0.25, -0.2) is 9.78 Å². The molecule has 3 amide bonds. The fourth-order valence-corrected chi connectivity index (χ4v) is 2.42. The third-order valence-corrected chi connectivity index (χ3v) is 3.74. The number of nitrogens with zero attached hydrogens (tertiary/aromatic N) is 3. The quantitative estimate of drug-likeness (QED) is 0.795. The molecule has 1 saturated heterocycles. The number of carbonyl (C=O) groups is 2. The number of rotatable bonds is 4. The lowest BCUT2D eigenvalue weighted by Gasteiger charge is -2.16. The molecular weight excluding hydrogens is 338 g/mol. The molecule has 1 aromatic heterocycles. The van der Waals surface area contributed by atoms with Gasteiger partial charge in [-0.2, -0.15) is 0 Å². The topological polar surface area (TPSA) is 66.7 Å². The fraction of sp³-hybridized carbons (Fsp3) is 0.214. The van der Waals surface area contributed by atoms with Crippen molar-refractivity contribution < 1.29 is 14.0 Å². The second kappa shape index (κ2) is 5.69. The van der Waals surface area contributed by atoms with Crippen molar-refractivity contribution in [2.45, 2.75) is 13.1 Å². The summed E-state index contributed by atoms with van der Waals surface area (Å²) in [4.78, 5) is 30.7. The molecule has 0 saturated carbocycles. The van der Waals surface area contributed by atoms with E-state index in [-0.39, 0.29) is 25.0 Å². The van der Waals surface area contributed by atoms with E-state index in [1.807, 2.05) is 24.3 Å². The fourth-order valence-electron chi connectivity index (χ4n) is 2.16. The lowest BCUT2D eigenvalue weighted by Crippen LogP contribution is -2.32. The molecule has 0 unspecified atom stereocenters. The van der Waals surface area contributed by atoms with E-state index in [4.69, 9.17) is 4.42 Å². The van der Waals surface area contributed by atoms with Gasteiger partial charge in [-0.3, -0.25) is 9.69 Å². The molecular formula is C14H12BrN3O3. The number of hydrogen-bond donors (Lipinski definition) is 0. The first-order chi connectivity index (χ1) is 10.1. The molecule has 3 rings (SSSR count). The van der Waals surface area contributed by atoms with Gasteiger partial charge < -0.3 is 9.32 Å². The van der Waals surface area contributed by atoms with Gasteiger partial charge in [0.25, 0.3) is 5.91 Å². The van der Waals surface area contributed by atoms with Crippen molar-refractivity contribution in [3.63, 3.8) is 0 Å². The van der Waals surface area contributed by atoms with Gasteiger partial charge in [0.2, 0.25) is 0 Å². The third kappa shape index (κ3) is 2.97. The maximum atomic E-state index is 12.3. The number of halogens is 1. The lowest BCUT2D eigenvalue weighted by atomic mass is 10.2. The smallest absolute Gasteiger partial charge is 0.327 e. The summed E-state index contributed by atoms with van der Waals surface area (Å²) in [7, 11) is 0. The van der Waals surface area contributed by atoms with Gasteiger partial charge in [0.15, 0.2) is 6.39 Å². The summed E-state index contributed by atoms with van der Waals surface area (Å²) in [6.45, 7) is 0.613. The highest BCUT2D eigenvalue weighted by Crippen LogP contribution is 2.18. The van der Waals surface area contributed by atoms with Gasteiger partial charge in [0.1, 0.15) is 12.3 Å². The van der Waals surface area contributed by atoms with Crippen molar-refractivity contribution >= 4 is 27.9 Å². The van der Waals surface area contributed by atoms with E-state index in [2.05, 4.69) is 20.9 Å². The lowest BCUT2D eigenvalue weighted by molar-refractivity contribution is -0.125. The van der Waals surface area contributed by atoms with Crippen LogP contribution in [0.4, 0.5) is 4.79 Å². The summed E-state index contributed by atoms with van der Waals surface area (Å²) in [5.41, 5.74) is 0.973. The Morgan fingerprint density at radius 2 is 1.95 bits per heavy atom. The van der Waals surface area contributed by atoms with Crippen molar-refractivity contribution in [3.8, 4) is 0 Å². The molecule has 1 aromatic carbocycles. The van der Waals surface area contributed by atoms with Crippen LogP contribution in [0.2, 0.25) is 0 Å². The number of imide groups is 1. The second-order valence-corrected chi connectivity index (χ2v) is 5.63. The largest absolute Gasteiger partial charge is 0.447 e. The molecule has 108 valence electrons. The Morgan fingerprint density at radius 1 is 1.19 bits per heavy atom. The first-order valence-corrected chi connectivity index (χ1v) is 7.14. The van der Waals surface area contributed by atoms with E-state index >= 15 is 0 Å². The zero-order chi connectivity index (χ0) is 14.8. The van der Waals surface area contributed by atoms with E-state index in [1.54, 1.807) is 0 Å². The number of carbonyl (C=O) groups excluding carboxylic acids is 2. The van der Waals surface area contributed by atoms with Crippen LogP contribution in [0.5, 0.6) is 0 Å². The van der Waals surface area contributed by atoms with E-state index < -0.39 is 0 Å². The Morgan fingerprint density at radius 3 is 2.62 bits per heavy atom. The Labute approximate surface area is 129 Å². The zero-order valence-electron chi connectivity index (χ0n) is 11.0. The van der Waals surface area contributed by atoms with Crippen LogP contribution >= 0.6 is 15.9 Å². The monoisotopic (exact) mass is 349 g/mol. The van der Waals surface area contributed by atoms with Crippen molar-refractivity contribution in [2.75, 3.05) is 6.54 Å². The highest BCUT2D eigenvalue weighted by molar-refractivity contribution is 9.10. The molecule has 0 N–H and O–H groups in total. The Balaban J connectivity index is 1.69. The number of urea groups is 1. The van der Waals surface area contributed by atoms with E-state index in [0.717, 1.165) is 10.0 Å². The maximum absolute atomic E-state index is 12.3. The SMILES string of the molecule is O=C1CN(Cc2ccc(Br)cc2)C(=O)N1Cc1cnco1. The van der Waals surface area contributed by atoms with E-state index in [9.17, 15) is 9.59 Å². The van der Waals surface area contributed by atoms with Crippen LogP contribution in [-0.4, -0.2) is 33.3 Å². The van der Waals surface area contributed by atoms with Crippen LogP contribution in [0.1, 0.15) is 11.3 Å². The predicted molar refractivity (Wildman–Crippen MR) is 77.0 cm³/mol. The maximum Gasteiger partial charge on any atom is 0.327 e. The predicted octanol–water partition coefficient (Wildman–Crippen LogP) is 2.40. The number of benzene rings is 1. The minimum absolute atomic E-state index is 0.0863. The van der Waals surface area contributed by atoms with Crippen molar-refractivity contribution in [1.82, 2.24) is 14.8 Å². The van der Waals surface area contributed by atoms with Gasteiger partial charge in [0, 0.05) is 11.0 Å². The summed E-state index contributed by atoms with van der Waals surface area (Å²) in [6, 6.07) is 7.34. The van der Waals surface area contributed by atoms with Crippen molar-refractivity contribution in [3.05, 3.63) is 52.7 Å². The van der Waals surface area contributed by atoms with E-state index in [0.29, 0.717) is 12.3 Å². The Kier molecular flexibility index (Phi) is 3.74. The molecule has 6 nitrogen and oxygen atoms in total. The minimum atomic E-state index is -0.306. The van der Waals surface area contributed by atoms with Gasteiger partial charge in [-0.05, 0) is 17.7 Å². The van der Waals surface area contributed by atoms with Crippen LogP contribution in [0.3, 0.4) is 0 Å². The Bertz CT molecular complexity index is 655. The molecule has 1 fully saturated rings. The summed E-state index contributed by atoms with van der Waals surface area (Å²) in [6.07, 6.45) is 2.78. The number of hydrogen-bond acceptors (Lipinski definition) is 4. The second-order valence-electron chi connectivity index (χ2n) is 4.71. The molecule has 0 spiro atoms. The van der Waals surface area contributed by atoms with Gasteiger partial charge in [-0.1, -0.05) is 28.1 Å². The molecule has 0 radical (unpaired) electrons. The van der Waals surface area contributed by atoms with E-state index in [1.165, 1.54) is 22.4 Å². The van der Waals surface area contributed by atoms with Crippen LogP contribution in [0.25, 0.3) is 0 Å². The van der Waals surface area contributed by atoms with Crippen LogP contribution in [-0.2, 0) is 17.9 Å². The third-order valence-electron chi connectivity index (χ3n) is 3.21. The van der Waals surface area contributed by atoms with Crippen LogP contribution < -0.4 is 0 Å². The van der Waals surface area contributed by atoms with Gasteiger partial charge in [-0.15, -0.1) is 0 Å². The summed E-state index contributed by atoms with van der Waals surface area (Å²) in [5, 5.41) is 0. The van der Waals surface area contributed by atoms with Crippen molar-refractivity contribution in [1.29, 1.82) is 0 Å². The highest BCUT2D eigenvalue weighted by atomic mass is 79.9. The molecule has 0 aliphatic carbocycles. The first kappa shape index (κ1) is 13.8. The summed E-state index contributed by atoms with van der Waals surface area (Å²) < 4.78 is 6.05. The number of oxazole rings is 1. The average molecular weight is 350 g/mol.